The Hall–Kier alpha value is -2.92. The van der Waals surface area contributed by atoms with Crippen LogP contribution in [0.3, 0.4) is 0 Å². The van der Waals surface area contributed by atoms with Gasteiger partial charge < -0.3 is 5.11 Å². The van der Waals surface area contributed by atoms with Gasteiger partial charge in [-0.15, -0.1) is 21.5 Å². The van der Waals surface area contributed by atoms with Gasteiger partial charge in [-0.05, 0) is 40.9 Å². The predicted octanol–water partition coefficient (Wildman–Crippen LogP) is 2.01. The van der Waals surface area contributed by atoms with Crippen molar-refractivity contribution in [1.82, 2.24) is 20.6 Å². The van der Waals surface area contributed by atoms with Crippen LogP contribution in [0.15, 0.2) is 51.6 Å². The smallest absolute Gasteiger partial charge is 0.239 e. The molecule has 25 heavy (non-hydrogen) atoms. The van der Waals surface area contributed by atoms with Crippen LogP contribution in [0.25, 0.3) is 5.76 Å². The first-order chi connectivity index (χ1) is 11.9. The standard InChI is InChI=1S/C14H9FN4O4S2/c15-8-1-3-9(4-2-8)25(22,23)12-5-6-24-13(12)10(20)7-11(21)14-16-18-19-17-14/h1-7,21H,(H,16,17,18,19). The highest BCUT2D eigenvalue weighted by Gasteiger charge is 2.25. The van der Waals surface area contributed by atoms with Gasteiger partial charge in [0.15, 0.2) is 5.76 Å². The van der Waals surface area contributed by atoms with E-state index in [1.54, 1.807) is 0 Å². The quantitative estimate of drug-likeness (QED) is 0.300. The first kappa shape index (κ1) is 16.9. The van der Waals surface area contributed by atoms with Crippen molar-refractivity contribution in [3.63, 3.8) is 0 Å². The molecule has 0 fully saturated rings. The number of nitrogens with zero attached hydrogens (tertiary/aromatic N) is 3. The molecule has 128 valence electrons. The molecule has 0 radical (unpaired) electrons. The number of aliphatic hydroxyl groups excluding tert-OH is 1. The molecule has 8 nitrogen and oxygen atoms in total. The summed E-state index contributed by atoms with van der Waals surface area (Å²) >= 11 is 0.899. The van der Waals surface area contributed by atoms with Crippen LogP contribution in [0.1, 0.15) is 15.5 Å². The van der Waals surface area contributed by atoms with E-state index in [1.165, 1.54) is 11.4 Å². The number of aromatic nitrogens is 4. The molecule has 2 heterocycles. The number of aromatic amines is 1. The number of rotatable bonds is 5. The van der Waals surface area contributed by atoms with E-state index in [1.807, 2.05) is 0 Å². The van der Waals surface area contributed by atoms with E-state index in [0.717, 1.165) is 41.7 Å². The Kier molecular flexibility index (Phi) is 4.42. The zero-order valence-electron chi connectivity index (χ0n) is 12.2. The Bertz CT molecular complexity index is 1040. The van der Waals surface area contributed by atoms with Gasteiger partial charge in [0.1, 0.15) is 5.82 Å². The SMILES string of the molecule is O=C(C=C(O)c1nn[nH]n1)c1sccc1S(=O)(=O)c1ccc(F)cc1. The van der Waals surface area contributed by atoms with Gasteiger partial charge in [-0.25, -0.2) is 12.8 Å². The van der Waals surface area contributed by atoms with Crippen molar-refractivity contribution in [3.05, 3.63) is 58.3 Å². The van der Waals surface area contributed by atoms with Crippen molar-refractivity contribution in [1.29, 1.82) is 0 Å². The van der Waals surface area contributed by atoms with Gasteiger partial charge in [0, 0.05) is 6.08 Å². The molecule has 0 aliphatic carbocycles. The van der Waals surface area contributed by atoms with Crippen LogP contribution in [0.2, 0.25) is 0 Å². The zero-order chi connectivity index (χ0) is 18.0. The van der Waals surface area contributed by atoms with E-state index in [0.29, 0.717) is 0 Å². The number of benzene rings is 1. The monoisotopic (exact) mass is 380 g/mol. The molecule has 0 bridgehead atoms. The number of halogens is 1. The van der Waals surface area contributed by atoms with Crippen LogP contribution < -0.4 is 0 Å². The number of hydrogen-bond donors (Lipinski definition) is 2. The summed E-state index contributed by atoms with van der Waals surface area (Å²) < 4.78 is 38.3. The summed E-state index contributed by atoms with van der Waals surface area (Å²) in [5.41, 5.74) is 0. The Morgan fingerprint density at radius 2 is 1.96 bits per heavy atom. The number of thiophene rings is 1. The van der Waals surface area contributed by atoms with E-state index in [-0.39, 0.29) is 20.5 Å². The topological polar surface area (TPSA) is 126 Å². The summed E-state index contributed by atoms with van der Waals surface area (Å²) in [6.07, 6.45) is 0.806. The van der Waals surface area contributed by atoms with Crippen LogP contribution >= 0.6 is 11.3 Å². The minimum Gasteiger partial charge on any atom is -0.504 e. The van der Waals surface area contributed by atoms with Gasteiger partial charge in [-0.1, -0.05) is 0 Å². The Labute approximate surface area is 144 Å². The van der Waals surface area contributed by atoms with Crippen molar-refractivity contribution >= 4 is 32.7 Å². The van der Waals surface area contributed by atoms with Gasteiger partial charge in [0.05, 0.1) is 14.7 Å². The predicted molar refractivity (Wildman–Crippen MR) is 85.3 cm³/mol. The Morgan fingerprint density at radius 1 is 1.24 bits per heavy atom. The molecular formula is C14H9FN4O4S2. The molecular weight excluding hydrogens is 371 g/mol. The number of carbonyl (C=O) groups is 1. The third-order valence-electron chi connectivity index (χ3n) is 3.11. The Morgan fingerprint density at radius 3 is 2.60 bits per heavy atom. The average molecular weight is 380 g/mol. The van der Waals surface area contributed by atoms with Crippen LogP contribution in [0, 0.1) is 5.82 Å². The van der Waals surface area contributed by atoms with Crippen LogP contribution in [-0.2, 0) is 9.84 Å². The number of nitrogens with one attached hydrogen (secondary N) is 1. The number of H-pyrrole nitrogens is 1. The lowest BCUT2D eigenvalue weighted by atomic mass is 10.2. The van der Waals surface area contributed by atoms with Gasteiger partial charge >= 0.3 is 0 Å². The summed E-state index contributed by atoms with van der Waals surface area (Å²) in [5.74, 6) is -2.07. The first-order valence-corrected chi connectivity index (χ1v) is 9.03. The zero-order valence-corrected chi connectivity index (χ0v) is 13.9. The van der Waals surface area contributed by atoms with Crippen molar-refractivity contribution < 1.29 is 22.7 Å². The normalized spacial score (nSPS) is 12.3. The number of allylic oxidation sites excluding steroid dienone is 1. The molecule has 11 heteroatoms. The highest BCUT2D eigenvalue weighted by Crippen LogP contribution is 2.29. The molecule has 0 aliphatic rings. The third kappa shape index (κ3) is 3.32. The van der Waals surface area contributed by atoms with E-state index in [4.69, 9.17) is 0 Å². The van der Waals surface area contributed by atoms with Crippen molar-refractivity contribution in [3.8, 4) is 0 Å². The number of sulfone groups is 1. The molecule has 0 saturated heterocycles. The second-order valence-corrected chi connectivity index (χ2v) is 7.53. The fourth-order valence-electron chi connectivity index (χ4n) is 1.95. The second-order valence-electron chi connectivity index (χ2n) is 4.70. The van der Waals surface area contributed by atoms with Crippen LogP contribution in [0.4, 0.5) is 4.39 Å². The van der Waals surface area contributed by atoms with Gasteiger partial charge in [-0.3, -0.25) is 4.79 Å². The molecule has 0 saturated carbocycles. The Balaban J connectivity index is 1.99. The number of carbonyl (C=O) groups excluding carboxylic acids is 1. The lowest BCUT2D eigenvalue weighted by molar-refractivity contribution is 0.104. The molecule has 0 aliphatic heterocycles. The highest BCUT2D eigenvalue weighted by molar-refractivity contribution is 7.91. The number of aliphatic hydroxyl groups is 1. The maximum Gasteiger partial charge on any atom is 0.239 e. The summed E-state index contributed by atoms with van der Waals surface area (Å²) in [7, 11) is -4.02. The molecule has 0 spiro atoms. The summed E-state index contributed by atoms with van der Waals surface area (Å²) in [6, 6.07) is 5.54. The highest BCUT2D eigenvalue weighted by atomic mass is 32.2. The van der Waals surface area contributed by atoms with E-state index >= 15 is 0 Å². The minimum atomic E-state index is -4.02. The fourth-order valence-corrected chi connectivity index (χ4v) is 4.55. The van der Waals surface area contributed by atoms with Crippen molar-refractivity contribution in [2.75, 3.05) is 0 Å². The second kappa shape index (κ2) is 6.53. The molecule has 0 unspecified atom stereocenters. The lowest BCUT2D eigenvalue weighted by Gasteiger charge is -2.04. The minimum absolute atomic E-state index is 0.0978. The average Bonchev–Trinajstić information content (AvgIpc) is 3.27. The molecule has 2 aromatic heterocycles. The third-order valence-corrected chi connectivity index (χ3v) is 5.98. The van der Waals surface area contributed by atoms with Crippen LogP contribution in [-0.4, -0.2) is 39.9 Å². The van der Waals surface area contributed by atoms with Gasteiger partial charge in [-0.2, -0.15) is 5.21 Å². The molecule has 1 aromatic carbocycles. The maximum absolute atomic E-state index is 13.0. The largest absolute Gasteiger partial charge is 0.504 e. The molecule has 0 atom stereocenters. The van der Waals surface area contributed by atoms with Gasteiger partial charge in [0.2, 0.25) is 21.4 Å². The summed E-state index contributed by atoms with van der Waals surface area (Å²) in [4.78, 5) is 11.9. The van der Waals surface area contributed by atoms with Crippen molar-refractivity contribution in [2.45, 2.75) is 9.79 Å². The van der Waals surface area contributed by atoms with Crippen molar-refractivity contribution in [2.24, 2.45) is 0 Å². The molecule has 0 amide bonds. The number of tetrazole rings is 1. The molecule has 2 N–H and O–H groups in total. The summed E-state index contributed by atoms with van der Waals surface area (Å²) in [6.45, 7) is 0. The fraction of sp³-hybridized carbons (Fsp3) is 0. The number of hydrogen-bond acceptors (Lipinski definition) is 8. The summed E-state index contributed by atoms with van der Waals surface area (Å²) in [5, 5.41) is 23.6. The van der Waals surface area contributed by atoms with Gasteiger partial charge in [0.25, 0.3) is 0 Å². The van der Waals surface area contributed by atoms with E-state index < -0.39 is 27.2 Å². The molecule has 3 aromatic rings. The van der Waals surface area contributed by atoms with E-state index in [2.05, 4.69) is 20.6 Å². The van der Waals surface area contributed by atoms with E-state index in [9.17, 15) is 22.7 Å². The lowest BCUT2D eigenvalue weighted by Crippen LogP contribution is -2.06. The first-order valence-electron chi connectivity index (χ1n) is 6.66. The maximum atomic E-state index is 13.0. The van der Waals surface area contributed by atoms with Crippen LogP contribution in [0.5, 0.6) is 0 Å². The molecule has 3 rings (SSSR count). The number of ketones is 1.